The number of unbranched alkanes of at least 4 members (excludes halogenated alkanes) is 6. The van der Waals surface area contributed by atoms with Crippen molar-refractivity contribution >= 4 is 10.2 Å². The summed E-state index contributed by atoms with van der Waals surface area (Å²) in [6.07, 6.45) is 2.28. The van der Waals surface area contributed by atoms with Crippen LogP contribution in [-0.4, -0.2) is 72.3 Å². The molecule has 8 nitrogen and oxygen atoms in total. The molecule has 9 heteroatoms. The van der Waals surface area contributed by atoms with Crippen LogP contribution in [0.25, 0.3) is 0 Å². The van der Waals surface area contributed by atoms with Crippen molar-refractivity contribution in [2.75, 3.05) is 19.7 Å². The minimum atomic E-state index is -3.86. The summed E-state index contributed by atoms with van der Waals surface area (Å²) < 4.78 is 34.4. The molecule has 156 valence electrons. The first-order valence-electron chi connectivity index (χ1n) is 9.76. The van der Waals surface area contributed by atoms with Gasteiger partial charge >= 0.3 is 0 Å². The highest BCUT2D eigenvalue weighted by Gasteiger charge is 2.40. The van der Waals surface area contributed by atoms with Gasteiger partial charge in [0, 0.05) is 13.1 Å². The van der Waals surface area contributed by atoms with E-state index in [-0.39, 0.29) is 6.61 Å². The van der Waals surface area contributed by atoms with Crippen LogP contribution in [0.5, 0.6) is 0 Å². The van der Waals surface area contributed by atoms with E-state index in [4.69, 9.17) is 4.74 Å². The third kappa shape index (κ3) is 7.75. The Hall–Kier alpha value is -0.290. The third-order valence-corrected chi connectivity index (χ3v) is 6.20. The van der Waals surface area contributed by atoms with Crippen LogP contribution in [-0.2, 0) is 14.9 Å². The molecule has 1 aliphatic rings. The predicted molar refractivity (Wildman–Crippen MR) is 99.7 cm³/mol. The van der Waals surface area contributed by atoms with E-state index < -0.39 is 34.7 Å². The minimum Gasteiger partial charge on any atom is -0.388 e. The zero-order valence-electron chi connectivity index (χ0n) is 16.0. The van der Waals surface area contributed by atoms with Gasteiger partial charge in [0.05, 0.1) is 6.61 Å². The number of aliphatic hydroxyl groups is 3. The van der Waals surface area contributed by atoms with Crippen LogP contribution in [0.15, 0.2) is 0 Å². The highest BCUT2D eigenvalue weighted by Crippen LogP contribution is 2.16. The van der Waals surface area contributed by atoms with Crippen LogP contribution in [0.3, 0.4) is 0 Å². The molecule has 1 saturated heterocycles. The molecule has 0 aromatic carbocycles. The molecule has 4 N–H and O–H groups in total. The second-order valence-corrected chi connectivity index (χ2v) is 8.65. The summed E-state index contributed by atoms with van der Waals surface area (Å²) in [7, 11) is -3.86. The standard InChI is InChI=1S/C17H36N2O6S/c1-3-5-7-9-11-19(12-10-8-6-4-2)26(23,24)18-17-16(22)15(21)14(20)13-25-17/h14-18,20-22H,3-13H2,1-2H3/t14-,15-,16+,17+/m1/s1. The van der Waals surface area contributed by atoms with Gasteiger partial charge in [0.25, 0.3) is 10.2 Å². The van der Waals surface area contributed by atoms with E-state index in [0.717, 1.165) is 51.4 Å². The fraction of sp³-hybridized carbons (Fsp3) is 1.00. The highest BCUT2D eigenvalue weighted by molar-refractivity contribution is 7.87. The fourth-order valence-electron chi connectivity index (χ4n) is 2.91. The van der Waals surface area contributed by atoms with E-state index >= 15 is 0 Å². The summed E-state index contributed by atoms with van der Waals surface area (Å²) in [6, 6.07) is 0. The molecule has 1 fully saturated rings. The van der Waals surface area contributed by atoms with Crippen molar-refractivity contribution in [3.63, 3.8) is 0 Å². The molecular weight excluding hydrogens is 360 g/mol. The second-order valence-electron chi connectivity index (χ2n) is 6.95. The Morgan fingerprint density at radius 1 is 0.923 bits per heavy atom. The van der Waals surface area contributed by atoms with Gasteiger partial charge in [-0.25, -0.2) is 0 Å². The smallest absolute Gasteiger partial charge is 0.281 e. The van der Waals surface area contributed by atoms with Gasteiger partial charge in [0.15, 0.2) is 6.23 Å². The molecule has 0 radical (unpaired) electrons. The topological polar surface area (TPSA) is 119 Å². The van der Waals surface area contributed by atoms with Crippen molar-refractivity contribution in [1.29, 1.82) is 0 Å². The predicted octanol–water partition coefficient (Wildman–Crippen LogP) is 0.722. The summed E-state index contributed by atoms with van der Waals surface area (Å²) in [5, 5.41) is 29.2. The van der Waals surface area contributed by atoms with Gasteiger partial charge in [-0.05, 0) is 12.8 Å². The molecule has 0 bridgehead atoms. The van der Waals surface area contributed by atoms with Gasteiger partial charge < -0.3 is 20.1 Å². The van der Waals surface area contributed by atoms with Crippen molar-refractivity contribution in [1.82, 2.24) is 9.03 Å². The Bertz CT molecular complexity index is 464. The summed E-state index contributed by atoms with van der Waals surface area (Å²) in [6.45, 7) is 4.79. The number of ether oxygens (including phenoxy) is 1. The Morgan fingerprint density at radius 2 is 1.46 bits per heavy atom. The average molecular weight is 397 g/mol. The van der Waals surface area contributed by atoms with Crippen molar-refractivity contribution in [2.45, 2.75) is 89.8 Å². The van der Waals surface area contributed by atoms with Crippen LogP contribution in [0.1, 0.15) is 65.2 Å². The van der Waals surface area contributed by atoms with Crippen LogP contribution >= 0.6 is 0 Å². The monoisotopic (exact) mass is 396 g/mol. The van der Waals surface area contributed by atoms with Crippen molar-refractivity contribution in [2.24, 2.45) is 0 Å². The third-order valence-electron chi connectivity index (χ3n) is 4.63. The number of rotatable bonds is 13. The van der Waals surface area contributed by atoms with Crippen LogP contribution in [0.4, 0.5) is 0 Å². The zero-order valence-corrected chi connectivity index (χ0v) is 16.8. The first-order valence-corrected chi connectivity index (χ1v) is 11.2. The van der Waals surface area contributed by atoms with Gasteiger partial charge in [-0.2, -0.15) is 17.4 Å². The summed E-state index contributed by atoms with van der Waals surface area (Å²) in [5.41, 5.74) is 0. The largest absolute Gasteiger partial charge is 0.388 e. The maximum Gasteiger partial charge on any atom is 0.281 e. The van der Waals surface area contributed by atoms with Crippen molar-refractivity contribution < 1.29 is 28.5 Å². The molecule has 0 unspecified atom stereocenters. The minimum absolute atomic E-state index is 0.238. The molecule has 0 saturated carbocycles. The molecule has 26 heavy (non-hydrogen) atoms. The molecule has 0 aromatic heterocycles. The van der Waals surface area contributed by atoms with E-state index in [0.29, 0.717) is 13.1 Å². The number of hydrogen-bond acceptors (Lipinski definition) is 6. The van der Waals surface area contributed by atoms with E-state index in [1.165, 1.54) is 4.31 Å². The lowest BCUT2D eigenvalue weighted by atomic mass is 10.1. The number of hydrogen-bond donors (Lipinski definition) is 4. The van der Waals surface area contributed by atoms with Crippen LogP contribution in [0.2, 0.25) is 0 Å². The normalized spacial score (nSPS) is 27.2. The lowest BCUT2D eigenvalue weighted by molar-refractivity contribution is -0.189. The van der Waals surface area contributed by atoms with Gasteiger partial charge in [0.2, 0.25) is 0 Å². The quantitative estimate of drug-likeness (QED) is 0.341. The molecule has 0 aliphatic carbocycles. The lowest BCUT2D eigenvalue weighted by Crippen LogP contribution is -2.60. The van der Waals surface area contributed by atoms with Gasteiger partial charge in [0.1, 0.15) is 18.3 Å². The average Bonchev–Trinajstić information content (AvgIpc) is 2.60. The lowest BCUT2D eigenvalue weighted by Gasteiger charge is -2.36. The number of aliphatic hydroxyl groups excluding tert-OH is 3. The summed E-state index contributed by atoms with van der Waals surface area (Å²) in [4.78, 5) is 0. The maximum absolute atomic E-state index is 12.7. The molecule has 0 spiro atoms. The zero-order chi connectivity index (χ0) is 19.6. The fourth-order valence-corrected chi connectivity index (χ4v) is 4.30. The molecule has 0 aromatic rings. The van der Waals surface area contributed by atoms with Crippen molar-refractivity contribution in [3.05, 3.63) is 0 Å². The maximum atomic E-state index is 12.7. The van der Waals surface area contributed by atoms with Gasteiger partial charge in [-0.3, -0.25) is 0 Å². The Morgan fingerprint density at radius 3 is 1.96 bits per heavy atom. The first kappa shape index (κ1) is 23.7. The van der Waals surface area contributed by atoms with Crippen LogP contribution < -0.4 is 4.72 Å². The molecule has 1 heterocycles. The molecular formula is C17H36N2O6S. The second kappa shape index (κ2) is 12.2. The Balaban J connectivity index is 2.67. The Labute approximate surface area is 157 Å². The van der Waals surface area contributed by atoms with Crippen molar-refractivity contribution in [3.8, 4) is 0 Å². The van der Waals surface area contributed by atoms with Gasteiger partial charge in [-0.1, -0.05) is 52.4 Å². The van der Waals surface area contributed by atoms with E-state index in [1.807, 2.05) is 0 Å². The van der Waals surface area contributed by atoms with Gasteiger partial charge in [-0.15, -0.1) is 0 Å². The van der Waals surface area contributed by atoms with E-state index in [2.05, 4.69) is 18.6 Å². The SMILES string of the molecule is CCCCCCN(CCCCCC)S(=O)(=O)N[C@H]1OC[C@@H](O)[C@@H](O)[C@@H]1O. The highest BCUT2D eigenvalue weighted by atomic mass is 32.2. The Kier molecular flexibility index (Phi) is 11.2. The summed E-state index contributed by atoms with van der Waals surface area (Å²) >= 11 is 0. The number of nitrogens with zero attached hydrogens (tertiary/aromatic N) is 1. The molecule has 0 amide bonds. The summed E-state index contributed by atoms with van der Waals surface area (Å²) in [5.74, 6) is 0. The van der Waals surface area contributed by atoms with E-state index in [1.54, 1.807) is 0 Å². The first-order chi connectivity index (χ1) is 12.3. The number of nitrogens with one attached hydrogen (secondary N) is 1. The molecule has 1 rings (SSSR count). The van der Waals surface area contributed by atoms with Crippen LogP contribution in [0, 0.1) is 0 Å². The van der Waals surface area contributed by atoms with E-state index in [9.17, 15) is 23.7 Å². The molecule has 4 atom stereocenters. The molecule has 1 aliphatic heterocycles.